The second-order valence-corrected chi connectivity index (χ2v) is 1.47. The fraction of sp³-hybridized carbons (Fsp3) is 0.750. The highest BCUT2D eigenvalue weighted by Crippen LogP contribution is 1.98. The smallest absolute Gasteiger partial charge is 0.159 e. The molecule has 0 heterocycles. The lowest BCUT2D eigenvalue weighted by atomic mass is 10.3. The Morgan fingerprint density at radius 2 is 1.83 bits per heavy atom. The second kappa shape index (κ2) is 1.58. The maximum absolute atomic E-state index is 8.32. The summed E-state index contributed by atoms with van der Waals surface area (Å²) in [6, 6.07) is 0. The predicted molar refractivity (Wildman–Crippen MR) is 22.8 cm³/mol. The van der Waals surface area contributed by atoms with Crippen LogP contribution in [0.1, 0.15) is 13.3 Å². The molecule has 0 rings (SSSR count). The molecule has 0 atom stereocenters. The van der Waals surface area contributed by atoms with Crippen LogP contribution in [0.5, 0.6) is 0 Å². The van der Waals surface area contributed by atoms with Crippen LogP contribution in [0.3, 0.4) is 0 Å². The molecule has 0 aliphatic carbocycles. The molecule has 0 aromatic rings. The molecular weight excluding hydrogens is 80.0 g/mol. The average Bonchev–Trinajstić information content (AvgIpc) is 1.35. The fourth-order valence-electron chi connectivity index (χ4n) is 0. The summed E-state index contributed by atoms with van der Waals surface area (Å²) in [5, 5.41) is 16.6. The molecule has 0 spiro atoms. The van der Waals surface area contributed by atoms with Gasteiger partial charge < -0.3 is 10.2 Å². The number of rotatable bonds is 1. The summed E-state index contributed by atoms with van der Waals surface area (Å²) >= 11 is 0. The van der Waals surface area contributed by atoms with E-state index in [4.69, 9.17) is 10.2 Å². The van der Waals surface area contributed by atoms with Crippen LogP contribution in [0.25, 0.3) is 0 Å². The molecule has 0 aliphatic rings. The lowest BCUT2D eigenvalue weighted by molar-refractivity contribution is -0.141. The minimum Gasteiger partial charge on any atom is -0.366 e. The van der Waals surface area contributed by atoms with Crippen molar-refractivity contribution in [3.8, 4) is 0 Å². The van der Waals surface area contributed by atoms with Gasteiger partial charge in [-0.3, -0.25) is 0 Å². The molecule has 0 aliphatic heterocycles. The SMILES string of the molecule is [CH2]CC(C)(O)O. The van der Waals surface area contributed by atoms with E-state index in [1.165, 1.54) is 6.92 Å². The third-order valence-electron chi connectivity index (χ3n) is 0.474. The van der Waals surface area contributed by atoms with Gasteiger partial charge in [0, 0.05) is 6.42 Å². The van der Waals surface area contributed by atoms with E-state index in [9.17, 15) is 0 Å². The van der Waals surface area contributed by atoms with Gasteiger partial charge in [-0.05, 0) is 13.8 Å². The van der Waals surface area contributed by atoms with Gasteiger partial charge in [-0.2, -0.15) is 0 Å². The van der Waals surface area contributed by atoms with Crippen molar-refractivity contribution >= 4 is 0 Å². The largest absolute Gasteiger partial charge is 0.366 e. The molecule has 0 fully saturated rings. The molecule has 0 aromatic heterocycles. The van der Waals surface area contributed by atoms with E-state index in [1.807, 2.05) is 0 Å². The standard InChI is InChI=1S/C4H9O2/c1-3-4(2,5)6/h5-6H,1,3H2,2H3. The van der Waals surface area contributed by atoms with Gasteiger partial charge in [0.15, 0.2) is 5.79 Å². The van der Waals surface area contributed by atoms with Crippen molar-refractivity contribution in [1.29, 1.82) is 0 Å². The van der Waals surface area contributed by atoms with Crippen molar-refractivity contribution in [3.63, 3.8) is 0 Å². The van der Waals surface area contributed by atoms with Crippen LogP contribution in [0.4, 0.5) is 0 Å². The van der Waals surface area contributed by atoms with E-state index >= 15 is 0 Å². The zero-order chi connectivity index (χ0) is 5.21. The quantitative estimate of drug-likeness (QED) is 0.441. The van der Waals surface area contributed by atoms with Gasteiger partial charge in [-0.15, -0.1) is 0 Å². The second-order valence-electron chi connectivity index (χ2n) is 1.47. The highest BCUT2D eigenvalue weighted by Gasteiger charge is 2.08. The molecule has 2 nitrogen and oxygen atoms in total. The van der Waals surface area contributed by atoms with Crippen LogP contribution < -0.4 is 0 Å². The normalized spacial score (nSPS) is 12.0. The fourth-order valence-corrected chi connectivity index (χ4v) is 0. The monoisotopic (exact) mass is 89.1 g/mol. The van der Waals surface area contributed by atoms with Crippen LogP contribution in [0, 0.1) is 6.92 Å². The molecule has 0 unspecified atom stereocenters. The molecule has 0 bridgehead atoms. The molecule has 2 N–H and O–H groups in total. The summed E-state index contributed by atoms with van der Waals surface area (Å²) in [6.07, 6.45) is 0.132. The Hall–Kier alpha value is -0.0800. The molecule has 0 saturated carbocycles. The highest BCUT2D eigenvalue weighted by atomic mass is 16.5. The van der Waals surface area contributed by atoms with Crippen LogP contribution in [0.2, 0.25) is 0 Å². The predicted octanol–water partition coefficient (Wildman–Crippen LogP) is -0.0886. The molecule has 0 aromatic carbocycles. The number of hydrogen-bond donors (Lipinski definition) is 2. The van der Waals surface area contributed by atoms with E-state index in [0.717, 1.165) is 0 Å². The Morgan fingerprint density at radius 3 is 1.83 bits per heavy atom. The Balaban J connectivity index is 3.17. The van der Waals surface area contributed by atoms with E-state index in [-0.39, 0.29) is 6.42 Å². The molecule has 2 heteroatoms. The van der Waals surface area contributed by atoms with E-state index in [0.29, 0.717) is 0 Å². The topological polar surface area (TPSA) is 40.5 Å². The first kappa shape index (κ1) is 5.92. The van der Waals surface area contributed by atoms with Crippen LogP contribution in [-0.4, -0.2) is 16.0 Å². The van der Waals surface area contributed by atoms with E-state index < -0.39 is 5.79 Å². The zero-order valence-corrected chi connectivity index (χ0v) is 3.81. The van der Waals surface area contributed by atoms with Crippen LogP contribution in [-0.2, 0) is 0 Å². The first-order valence-electron chi connectivity index (χ1n) is 1.80. The minimum absolute atomic E-state index is 0.132. The van der Waals surface area contributed by atoms with Gasteiger partial charge >= 0.3 is 0 Å². The maximum Gasteiger partial charge on any atom is 0.159 e. The third-order valence-corrected chi connectivity index (χ3v) is 0.474. The lowest BCUT2D eigenvalue weighted by Crippen LogP contribution is -2.20. The minimum atomic E-state index is -1.57. The first-order chi connectivity index (χ1) is 2.56. The summed E-state index contributed by atoms with van der Waals surface area (Å²) < 4.78 is 0. The lowest BCUT2D eigenvalue weighted by Gasteiger charge is -2.10. The Kier molecular flexibility index (Phi) is 1.56. The van der Waals surface area contributed by atoms with Crippen molar-refractivity contribution in [3.05, 3.63) is 6.92 Å². The van der Waals surface area contributed by atoms with Crippen molar-refractivity contribution in [2.75, 3.05) is 0 Å². The highest BCUT2D eigenvalue weighted by molar-refractivity contribution is 4.55. The first-order valence-corrected chi connectivity index (χ1v) is 1.80. The van der Waals surface area contributed by atoms with Gasteiger partial charge in [-0.1, -0.05) is 0 Å². The van der Waals surface area contributed by atoms with Crippen LogP contribution >= 0.6 is 0 Å². The van der Waals surface area contributed by atoms with Crippen molar-refractivity contribution in [1.82, 2.24) is 0 Å². The van der Waals surface area contributed by atoms with Gasteiger partial charge in [0.2, 0.25) is 0 Å². The van der Waals surface area contributed by atoms with Crippen LogP contribution in [0.15, 0.2) is 0 Å². The summed E-state index contributed by atoms with van der Waals surface area (Å²) in [5.41, 5.74) is 0. The van der Waals surface area contributed by atoms with Gasteiger partial charge in [0.1, 0.15) is 0 Å². The van der Waals surface area contributed by atoms with Crippen molar-refractivity contribution in [2.45, 2.75) is 19.1 Å². The van der Waals surface area contributed by atoms with Crippen molar-refractivity contribution < 1.29 is 10.2 Å². The van der Waals surface area contributed by atoms with E-state index in [1.54, 1.807) is 0 Å². The summed E-state index contributed by atoms with van der Waals surface area (Å²) in [6.45, 7) is 4.55. The third kappa shape index (κ3) is 3.92. The summed E-state index contributed by atoms with van der Waals surface area (Å²) in [5.74, 6) is -1.57. The molecule has 1 radical (unpaired) electrons. The van der Waals surface area contributed by atoms with E-state index in [2.05, 4.69) is 6.92 Å². The van der Waals surface area contributed by atoms with Crippen molar-refractivity contribution in [2.24, 2.45) is 0 Å². The molecule has 6 heavy (non-hydrogen) atoms. The Labute approximate surface area is 37.4 Å². The number of aliphatic hydroxyl groups is 2. The molecule has 0 saturated heterocycles. The van der Waals surface area contributed by atoms with Gasteiger partial charge in [0.25, 0.3) is 0 Å². The average molecular weight is 89.1 g/mol. The summed E-state index contributed by atoms with van der Waals surface area (Å²) in [4.78, 5) is 0. The molecule has 37 valence electrons. The summed E-state index contributed by atoms with van der Waals surface area (Å²) in [7, 11) is 0. The van der Waals surface area contributed by atoms with Gasteiger partial charge in [0.05, 0.1) is 0 Å². The molecule has 0 amide bonds. The Morgan fingerprint density at radius 1 is 1.67 bits per heavy atom. The number of hydrogen-bond acceptors (Lipinski definition) is 2. The zero-order valence-electron chi connectivity index (χ0n) is 3.81. The maximum atomic E-state index is 8.32. The van der Waals surface area contributed by atoms with Gasteiger partial charge in [-0.25, -0.2) is 0 Å². The Bertz CT molecular complexity index is 35.3. The molecular formula is C4H9O2.